The molecule has 10 heteroatoms. The van der Waals surface area contributed by atoms with Gasteiger partial charge in [-0.05, 0) is 37.1 Å². The molecule has 0 aliphatic carbocycles. The average Bonchev–Trinajstić information content (AvgIpc) is 2.89. The van der Waals surface area contributed by atoms with E-state index in [4.69, 9.17) is 24.7 Å². The molecule has 2 aromatic rings. The Hall–Kier alpha value is -2.92. The Balaban J connectivity index is 0.000000202. The van der Waals surface area contributed by atoms with Gasteiger partial charge >= 0.3 is 0 Å². The van der Waals surface area contributed by atoms with Crippen molar-refractivity contribution >= 4 is 11.4 Å². The van der Waals surface area contributed by atoms with E-state index in [0.29, 0.717) is 19.0 Å². The molecule has 2 N–H and O–H groups in total. The number of anilines is 1. The smallest absolute Gasteiger partial charge is 0.273 e. The molecule has 0 saturated carbocycles. The van der Waals surface area contributed by atoms with Crippen LogP contribution in [-0.4, -0.2) is 93.6 Å². The summed E-state index contributed by atoms with van der Waals surface area (Å²) < 4.78 is 22.0. The van der Waals surface area contributed by atoms with Crippen LogP contribution < -0.4 is 15.2 Å². The molecule has 0 radical (unpaired) electrons. The number of nitrogens with zero attached hydrogens (tertiary/aromatic N) is 3. The van der Waals surface area contributed by atoms with Gasteiger partial charge in [0.15, 0.2) is 0 Å². The summed E-state index contributed by atoms with van der Waals surface area (Å²) in [7, 11) is 0. The fourth-order valence-electron chi connectivity index (χ4n) is 3.85. The van der Waals surface area contributed by atoms with Crippen LogP contribution in [0.5, 0.6) is 11.5 Å². The first-order valence-corrected chi connectivity index (χ1v) is 12.4. The number of nitro groups is 1. The summed E-state index contributed by atoms with van der Waals surface area (Å²) >= 11 is 0. The monoisotopic (exact) mass is 502 g/mol. The molecule has 2 aliphatic heterocycles. The minimum Gasteiger partial charge on any atom is -0.492 e. The SMILES string of the molecule is Cc1ccc(N)cc1OCCN1CCOCC1.Cc1ccc([N+](=O)[O-])cc1OCCN1CCOCC1. The third-order valence-corrected chi connectivity index (χ3v) is 6.13. The summed E-state index contributed by atoms with van der Waals surface area (Å²) in [6.07, 6.45) is 0. The molecule has 0 unspecified atom stereocenters. The van der Waals surface area contributed by atoms with Gasteiger partial charge in [0.2, 0.25) is 0 Å². The second-order valence-corrected chi connectivity index (χ2v) is 8.84. The molecule has 2 saturated heterocycles. The predicted octanol–water partition coefficient (Wildman–Crippen LogP) is 2.90. The normalized spacial score (nSPS) is 16.6. The van der Waals surface area contributed by atoms with Gasteiger partial charge in [0, 0.05) is 57.1 Å². The highest BCUT2D eigenvalue weighted by molar-refractivity contribution is 5.48. The summed E-state index contributed by atoms with van der Waals surface area (Å²) in [6, 6.07) is 10.4. The van der Waals surface area contributed by atoms with Gasteiger partial charge in [-0.3, -0.25) is 19.9 Å². The summed E-state index contributed by atoms with van der Waals surface area (Å²) in [5.74, 6) is 1.47. The van der Waals surface area contributed by atoms with Crippen LogP contribution in [-0.2, 0) is 9.47 Å². The Morgan fingerprint density at radius 3 is 1.81 bits per heavy atom. The van der Waals surface area contributed by atoms with Crippen molar-refractivity contribution in [1.82, 2.24) is 9.80 Å². The highest BCUT2D eigenvalue weighted by Gasteiger charge is 2.13. The fraction of sp³-hybridized carbons (Fsp3) is 0.538. The molecule has 0 bridgehead atoms. The Morgan fingerprint density at radius 2 is 1.31 bits per heavy atom. The summed E-state index contributed by atoms with van der Waals surface area (Å²) in [5.41, 5.74) is 8.58. The second kappa shape index (κ2) is 14.6. The van der Waals surface area contributed by atoms with E-state index in [0.717, 1.165) is 88.3 Å². The highest BCUT2D eigenvalue weighted by atomic mass is 16.6. The molecule has 198 valence electrons. The fourth-order valence-corrected chi connectivity index (χ4v) is 3.85. The van der Waals surface area contributed by atoms with Crippen molar-refractivity contribution in [3.8, 4) is 11.5 Å². The average molecular weight is 503 g/mol. The lowest BCUT2D eigenvalue weighted by Gasteiger charge is -2.26. The van der Waals surface area contributed by atoms with E-state index >= 15 is 0 Å². The summed E-state index contributed by atoms with van der Waals surface area (Å²) in [5, 5.41) is 10.7. The molecule has 10 nitrogen and oxygen atoms in total. The number of aryl methyl sites for hydroxylation is 2. The summed E-state index contributed by atoms with van der Waals surface area (Å²) in [4.78, 5) is 14.9. The van der Waals surface area contributed by atoms with Gasteiger partial charge in [-0.2, -0.15) is 0 Å². The van der Waals surface area contributed by atoms with Crippen LogP contribution in [0.1, 0.15) is 11.1 Å². The molecular formula is C26H38N4O6. The van der Waals surface area contributed by atoms with Gasteiger partial charge in [0.05, 0.1) is 37.4 Å². The molecule has 0 aromatic heterocycles. The van der Waals surface area contributed by atoms with Gasteiger partial charge in [-0.1, -0.05) is 6.07 Å². The lowest BCUT2D eigenvalue weighted by molar-refractivity contribution is -0.384. The van der Waals surface area contributed by atoms with E-state index in [1.807, 2.05) is 32.0 Å². The predicted molar refractivity (Wildman–Crippen MR) is 139 cm³/mol. The Labute approximate surface area is 213 Å². The van der Waals surface area contributed by atoms with E-state index in [1.165, 1.54) is 12.1 Å². The number of morpholine rings is 2. The van der Waals surface area contributed by atoms with Crippen LogP contribution in [0.25, 0.3) is 0 Å². The zero-order valence-corrected chi connectivity index (χ0v) is 21.3. The van der Waals surface area contributed by atoms with Crippen molar-refractivity contribution in [3.05, 3.63) is 57.6 Å². The van der Waals surface area contributed by atoms with Gasteiger partial charge in [0.1, 0.15) is 24.7 Å². The summed E-state index contributed by atoms with van der Waals surface area (Å²) in [6.45, 7) is 13.9. The molecule has 0 atom stereocenters. The van der Waals surface area contributed by atoms with Gasteiger partial charge < -0.3 is 24.7 Å². The van der Waals surface area contributed by atoms with Crippen LogP contribution in [0.4, 0.5) is 11.4 Å². The van der Waals surface area contributed by atoms with Crippen molar-refractivity contribution in [3.63, 3.8) is 0 Å². The number of non-ortho nitro benzene ring substituents is 1. The first-order valence-electron chi connectivity index (χ1n) is 12.4. The van der Waals surface area contributed by atoms with Crippen LogP contribution in [0, 0.1) is 24.0 Å². The first kappa shape index (κ1) is 27.7. The molecule has 0 spiro atoms. The zero-order chi connectivity index (χ0) is 25.8. The number of nitro benzene ring substituents is 1. The van der Waals surface area contributed by atoms with E-state index in [9.17, 15) is 10.1 Å². The van der Waals surface area contributed by atoms with Crippen molar-refractivity contribution in [2.45, 2.75) is 13.8 Å². The standard InChI is InChI=1S/C13H18N2O4.C13H20N2O2/c1-11-2-3-12(15(16)17)10-13(11)19-9-6-14-4-7-18-8-5-14;1-11-2-3-12(14)10-13(11)17-9-6-15-4-7-16-8-5-15/h2-3,10H,4-9H2,1H3;2-3,10H,4-9,14H2,1H3. The molecule has 36 heavy (non-hydrogen) atoms. The van der Waals surface area contributed by atoms with Crippen LogP contribution in [0.2, 0.25) is 0 Å². The minimum atomic E-state index is -0.408. The molecule has 2 aromatic carbocycles. The number of ether oxygens (including phenoxy) is 4. The molecule has 2 heterocycles. The Bertz CT molecular complexity index is 961. The first-order chi connectivity index (χ1) is 17.4. The minimum absolute atomic E-state index is 0.0620. The van der Waals surface area contributed by atoms with Crippen LogP contribution in [0.15, 0.2) is 36.4 Å². The molecule has 4 rings (SSSR count). The number of nitrogens with two attached hydrogens (primary N) is 1. The van der Waals surface area contributed by atoms with Gasteiger partial charge in [0.25, 0.3) is 5.69 Å². The second-order valence-electron chi connectivity index (χ2n) is 8.84. The zero-order valence-electron chi connectivity index (χ0n) is 21.3. The number of nitrogen functional groups attached to an aromatic ring is 1. The quantitative estimate of drug-likeness (QED) is 0.314. The highest BCUT2D eigenvalue weighted by Crippen LogP contribution is 2.24. The largest absolute Gasteiger partial charge is 0.492 e. The topological polar surface area (TPSA) is 113 Å². The maximum atomic E-state index is 10.7. The number of hydrogen-bond acceptors (Lipinski definition) is 9. The molecular weight excluding hydrogens is 464 g/mol. The lowest BCUT2D eigenvalue weighted by Crippen LogP contribution is -2.38. The number of rotatable bonds is 9. The van der Waals surface area contributed by atoms with E-state index in [-0.39, 0.29) is 5.69 Å². The van der Waals surface area contributed by atoms with E-state index < -0.39 is 4.92 Å². The molecule has 0 amide bonds. The number of hydrogen-bond donors (Lipinski definition) is 1. The van der Waals surface area contributed by atoms with Crippen molar-refractivity contribution in [2.75, 3.05) is 84.6 Å². The number of benzene rings is 2. The van der Waals surface area contributed by atoms with Crippen molar-refractivity contribution < 1.29 is 23.9 Å². The third kappa shape index (κ3) is 9.27. The van der Waals surface area contributed by atoms with Gasteiger partial charge in [-0.25, -0.2) is 0 Å². The van der Waals surface area contributed by atoms with E-state index in [1.54, 1.807) is 6.07 Å². The lowest BCUT2D eigenvalue weighted by atomic mass is 10.2. The van der Waals surface area contributed by atoms with Gasteiger partial charge in [-0.15, -0.1) is 0 Å². The Morgan fingerprint density at radius 1 is 0.833 bits per heavy atom. The maximum absolute atomic E-state index is 10.7. The molecule has 2 aliphatic rings. The van der Waals surface area contributed by atoms with E-state index in [2.05, 4.69) is 9.80 Å². The Kier molecular flexibility index (Phi) is 11.2. The van der Waals surface area contributed by atoms with Crippen LogP contribution >= 0.6 is 0 Å². The maximum Gasteiger partial charge on any atom is 0.273 e. The molecule has 2 fully saturated rings. The van der Waals surface area contributed by atoms with Crippen molar-refractivity contribution in [1.29, 1.82) is 0 Å². The van der Waals surface area contributed by atoms with Crippen molar-refractivity contribution in [2.24, 2.45) is 0 Å². The third-order valence-electron chi connectivity index (χ3n) is 6.13. The van der Waals surface area contributed by atoms with Crippen LogP contribution in [0.3, 0.4) is 0 Å².